The summed E-state index contributed by atoms with van der Waals surface area (Å²) >= 11 is 0. The lowest BCUT2D eigenvalue weighted by molar-refractivity contribution is 0.630. The number of para-hydroxylation sites is 4. The van der Waals surface area contributed by atoms with E-state index in [9.17, 15) is 0 Å². The summed E-state index contributed by atoms with van der Waals surface area (Å²) in [4.78, 5) is 2.30. The molecule has 0 spiro atoms. The highest BCUT2D eigenvalue weighted by molar-refractivity contribution is 6.12. The molecule has 0 radical (unpaired) electrons. The zero-order valence-corrected chi connectivity index (χ0v) is 23.3. The van der Waals surface area contributed by atoms with Crippen LogP contribution in [-0.2, 0) is 5.41 Å². The molecule has 7 aromatic rings. The predicted molar refractivity (Wildman–Crippen MR) is 173 cm³/mol. The molecule has 0 fully saturated rings. The minimum atomic E-state index is -0.0531. The smallest absolute Gasteiger partial charge is 0.0582 e. The Balaban J connectivity index is 1.26. The van der Waals surface area contributed by atoms with E-state index in [2.05, 4.69) is 169 Å². The minimum absolute atomic E-state index is 0.0531. The summed E-state index contributed by atoms with van der Waals surface area (Å²) < 4.78 is 2.48. The average molecular weight is 527 g/mol. The van der Waals surface area contributed by atoms with Crippen LogP contribution in [0.4, 0.5) is 17.1 Å². The molecule has 6 aromatic carbocycles. The molecule has 0 saturated carbocycles. The fourth-order valence-electron chi connectivity index (χ4n) is 6.75. The van der Waals surface area contributed by atoms with Crippen LogP contribution in [0.25, 0.3) is 38.6 Å². The van der Waals surface area contributed by atoms with Gasteiger partial charge in [0.1, 0.15) is 0 Å². The Kier molecular flexibility index (Phi) is 5.20. The third kappa shape index (κ3) is 3.57. The van der Waals surface area contributed by atoms with Crippen molar-refractivity contribution in [1.82, 2.24) is 4.57 Å². The molecule has 2 nitrogen and oxygen atoms in total. The van der Waals surface area contributed by atoms with Gasteiger partial charge >= 0.3 is 0 Å². The van der Waals surface area contributed by atoms with Gasteiger partial charge in [-0.1, -0.05) is 105 Å². The molecule has 196 valence electrons. The summed E-state index contributed by atoms with van der Waals surface area (Å²) in [6, 6.07) is 52.7. The van der Waals surface area contributed by atoms with Crippen molar-refractivity contribution < 1.29 is 0 Å². The molecule has 1 aliphatic heterocycles. The summed E-state index contributed by atoms with van der Waals surface area (Å²) in [6.07, 6.45) is 0. The van der Waals surface area contributed by atoms with Crippen LogP contribution in [-0.4, -0.2) is 4.57 Å². The van der Waals surface area contributed by atoms with Gasteiger partial charge in [-0.3, -0.25) is 0 Å². The summed E-state index contributed by atoms with van der Waals surface area (Å²) in [5.41, 5.74) is 12.5. The van der Waals surface area contributed by atoms with Crippen molar-refractivity contribution in [3.63, 3.8) is 0 Å². The van der Waals surface area contributed by atoms with Crippen LogP contribution >= 0.6 is 0 Å². The Morgan fingerprint density at radius 3 is 1.78 bits per heavy atom. The van der Waals surface area contributed by atoms with E-state index in [1.165, 1.54) is 49.7 Å². The van der Waals surface area contributed by atoms with Crippen molar-refractivity contribution in [2.45, 2.75) is 19.3 Å². The maximum absolute atomic E-state index is 2.48. The van der Waals surface area contributed by atoms with Crippen LogP contribution in [0.3, 0.4) is 0 Å². The van der Waals surface area contributed by atoms with Crippen LogP contribution in [0, 0.1) is 0 Å². The van der Waals surface area contributed by atoms with Crippen molar-refractivity contribution in [3.8, 4) is 16.8 Å². The van der Waals surface area contributed by atoms with Gasteiger partial charge in [-0.25, -0.2) is 0 Å². The third-order valence-corrected chi connectivity index (χ3v) is 8.77. The zero-order valence-electron chi connectivity index (χ0n) is 23.3. The molecular weight excluding hydrogens is 496 g/mol. The summed E-state index contributed by atoms with van der Waals surface area (Å²) in [6.45, 7) is 4.70. The van der Waals surface area contributed by atoms with Gasteiger partial charge in [0.25, 0.3) is 0 Å². The highest BCUT2D eigenvalue weighted by atomic mass is 15.1. The van der Waals surface area contributed by atoms with Crippen LogP contribution in [0.15, 0.2) is 146 Å². The molecule has 2 heteroatoms. The monoisotopic (exact) mass is 526 g/mol. The van der Waals surface area contributed by atoms with E-state index >= 15 is 0 Å². The van der Waals surface area contributed by atoms with E-state index in [1.54, 1.807) is 0 Å². The van der Waals surface area contributed by atoms with E-state index < -0.39 is 0 Å². The number of benzene rings is 6. The Hall–Kier alpha value is -5.08. The van der Waals surface area contributed by atoms with Gasteiger partial charge in [0.2, 0.25) is 0 Å². The van der Waals surface area contributed by atoms with Crippen LogP contribution in [0.5, 0.6) is 0 Å². The molecule has 0 saturated heterocycles. The summed E-state index contributed by atoms with van der Waals surface area (Å²) in [5.74, 6) is 0. The molecular formula is C39H30N2. The lowest BCUT2D eigenvalue weighted by atomic mass is 9.75. The maximum Gasteiger partial charge on any atom is 0.0582 e. The Morgan fingerprint density at radius 1 is 0.488 bits per heavy atom. The number of hydrogen-bond donors (Lipinski definition) is 0. The van der Waals surface area contributed by atoms with Crippen LogP contribution < -0.4 is 4.90 Å². The number of hydrogen-bond acceptors (Lipinski definition) is 1. The largest absolute Gasteiger partial charge is 0.311 e. The molecule has 41 heavy (non-hydrogen) atoms. The predicted octanol–water partition coefficient (Wildman–Crippen LogP) is 10.6. The zero-order chi connectivity index (χ0) is 27.6. The van der Waals surface area contributed by atoms with E-state index in [0.29, 0.717) is 0 Å². The number of rotatable bonds is 4. The van der Waals surface area contributed by atoms with Crippen LogP contribution in [0.1, 0.15) is 25.0 Å². The Labute approximate surface area is 240 Å². The molecule has 0 unspecified atom stereocenters. The fraction of sp³-hybridized carbons (Fsp3) is 0.0769. The van der Waals surface area contributed by atoms with Gasteiger partial charge in [0.05, 0.1) is 16.7 Å². The lowest BCUT2D eigenvalue weighted by Gasteiger charge is -2.34. The van der Waals surface area contributed by atoms with E-state index in [1.807, 2.05) is 0 Å². The normalized spacial score (nSPS) is 13.3. The third-order valence-electron chi connectivity index (χ3n) is 8.77. The first-order valence-corrected chi connectivity index (χ1v) is 14.3. The van der Waals surface area contributed by atoms with E-state index in [4.69, 9.17) is 0 Å². The Bertz CT molecular complexity index is 2010. The van der Waals surface area contributed by atoms with Crippen molar-refractivity contribution in [3.05, 3.63) is 157 Å². The number of aromatic nitrogens is 1. The molecule has 0 amide bonds. The molecule has 0 N–H and O–H groups in total. The average Bonchev–Trinajstić information content (AvgIpc) is 3.36. The maximum atomic E-state index is 2.48. The molecule has 0 aliphatic carbocycles. The first-order chi connectivity index (χ1) is 20.1. The molecule has 1 aromatic heterocycles. The second kappa shape index (κ2) is 8.97. The summed E-state index contributed by atoms with van der Waals surface area (Å²) in [7, 11) is 0. The van der Waals surface area contributed by atoms with Crippen molar-refractivity contribution in [2.75, 3.05) is 4.90 Å². The van der Waals surface area contributed by atoms with Gasteiger partial charge in [-0.15, -0.1) is 0 Å². The van der Waals surface area contributed by atoms with Crippen LogP contribution in [0.2, 0.25) is 0 Å². The fourth-order valence-corrected chi connectivity index (χ4v) is 6.75. The lowest BCUT2D eigenvalue weighted by Crippen LogP contribution is -2.26. The highest BCUT2D eigenvalue weighted by Gasteiger charge is 2.34. The van der Waals surface area contributed by atoms with Crippen molar-refractivity contribution >= 4 is 38.9 Å². The molecule has 8 rings (SSSR count). The highest BCUT2D eigenvalue weighted by Crippen LogP contribution is 2.47. The van der Waals surface area contributed by atoms with Gasteiger partial charge in [-0.2, -0.15) is 0 Å². The summed E-state index contributed by atoms with van der Waals surface area (Å²) in [5, 5.41) is 2.61. The SMILES string of the molecule is CC1(C)c2ccccc2-n2c3ccc(-c4ccc(N(c5ccccc5)c5ccccc5)cc4)cc3c3cccc1c32. The van der Waals surface area contributed by atoms with Gasteiger partial charge in [0, 0.05) is 33.2 Å². The molecule has 0 bridgehead atoms. The standard InChI is InChI=1S/C39H30N2/c1-39(2)34-17-9-10-19-37(34)41-36-25-22-28(26-33(36)32-16-11-18-35(39)38(32)41)27-20-23-31(24-21-27)40(29-12-5-3-6-13-29)30-14-7-4-8-15-30/h3-26H,1-2H3. The van der Waals surface area contributed by atoms with E-state index in [0.717, 1.165) is 17.1 Å². The Morgan fingerprint density at radius 2 is 1.07 bits per heavy atom. The number of anilines is 3. The van der Waals surface area contributed by atoms with E-state index in [-0.39, 0.29) is 5.41 Å². The first-order valence-electron chi connectivity index (χ1n) is 14.3. The quantitative estimate of drug-likeness (QED) is 0.221. The second-order valence-electron chi connectivity index (χ2n) is 11.5. The second-order valence-corrected chi connectivity index (χ2v) is 11.5. The van der Waals surface area contributed by atoms with Gasteiger partial charge < -0.3 is 9.47 Å². The molecule has 1 aliphatic rings. The van der Waals surface area contributed by atoms with Crippen molar-refractivity contribution in [1.29, 1.82) is 0 Å². The minimum Gasteiger partial charge on any atom is -0.311 e. The molecule has 2 heterocycles. The first kappa shape index (κ1) is 23.8. The molecule has 0 atom stereocenters. The van der Waals surface area contributed by atoms with Gasteiger partial charge in [0.15, 0.2) is 0 Å². The van der Waals surface area contributed by atoms with Crippen molar-refractivity contribution in [2.24, 2.45) is 0 Å². The topological polar surface area (TPSA) is 8.17 Å². The number of fused-ring (bicyclic) bond motifs is 5. The number of nitrogens with zero attached hydrogens (tertiary/aromatic N) is 2. The van der Waals surface area contributed by atoms with Gasteiger partial charge in [-0.05, 0) is 76.9 Å².